The number of carbonyl (C=O) groups excluding carboxylic acids is 1. The number of hydrogen-bond acceptors (Lipinski definition) is 3. The van der Waals surface area contributed by atoms with Crippen LogP contribution in [-0.2, 0) is 14.7 Å². The quantitative estimate of drug-likeness (QED) is 0.470. The summed E-state index contributed by atoms with van der Waals surface area (Å²) in [6, 6.07) is 7.61. The molecule has 1 unspecified atom stereocenters. The van der Waals surface area contributed by atoms with Crippen LogP contribution in [0.4, 0.5) is 0 Å². The van der Waals surface area contributed by atoms with Gasteiger partial charge in [0.25, 0.3) is 0 Å². The van der Waals surface area contributed by atoms with Gasteiger partial charge in [-0.15, -0.1) is 0 Å². The number of epoxide rings is 1. The normalized spacial score (nSPS) is 23.3. The molecule has 0 aromatic heterocycles. The standard InChI is InChI=1S/C13H18O3Si/c1-15-12(14)10-6-5-7-11(8-10)13(9-16-13)17(2,3)4/h5-8H,9H2,1-4H3. The molecule has 3 nitrogen and oxygen atoms in total. The predicted octanol–water partition coefficient (Wildman–Crippen LogP) is 2.58. The maximum Gasteiger partial charge on any atom is 0.337 e. The van der Waals surface area contributed by atoms with Crippen LogP contribution in [0.2, 0.25) is 19.6 Å². The number of ether oxygens (including phenoxy) is 2. The molecule has 0 radical (unpaired) electrons. The van der Waals surface area contributed by atoms with E-state index in [-0.39, 0.29) is 11.2 Å². The molecule has 4 heteroatoms. The Morgan fingerprint density at radius 2 is 2.06 bits per heavy atom. The van der Waals surface area contributed by atoms with Crippen molar-refractivity contribution in [3.63, 3.8) is 0 Å². The molecule has 1 aromatic carbocycles. The predicted molar refractivity (Wildman–Crippen MR) is 68.8 cm³/mol. The molecule has 1 saturated heterocycles. The van der Waals surface area contributed by atoms with Gasteiger partial charge in [0.15, 0.2) is 0 Å². The van der Waals surface area contributed by atoms with Crippen molar-refractivity contribution in [2.24, 2.45) is 0 Å². The smallest absolute Gasteiger partial charge is 0.337 e. The van der Waals surface area contributed by atoms with Gasteiger partial charge >= 0.3 is 5.97 Å². The van der Waals surface area contributed by atoms with Crippen molar-refractivity contribution in [2.45, 2.75) is 24.9 Å². The summed E-state index contributed by atoms with van der Waals surface area (Å²) < 4.78 is 10.5. The minimum Gasteiger partial charge on any atom is -0.465 e. The van der Waals surface area contributed by atoms with Crippen LogP contribution in [0, 0.1) is 0 Å². The molecule has 0 N–H and O–H groups in total. The second-order valence-electron chi connectivity index (χ2n) is 5.44. The van der Waals surface area contributed by atoms with Gasteiger partial charge in [-0.3, -0.25) is 0 Å². The Hall–Kier alpha value is -1.13. The lowest BCUT2D eigenvalue weighted by Crippen LogP contribution is -2.39. The third kappa shape index (κ3) is 2.02. The first-order chi connectivity index (χ1) is 7.90. The summed E-state index contributed by atoms with van der Waals surface area (Å²) in [4.78, 5) is 11.5. The summed E-state index contributed by atoms with van der Waals surface area (Å²) in [7, 11) is -0.0571. The van der Waals surface area contributed by atoms with E-state index in [4.69, 9.17) is 9.47 Å². The minimum absolute atomic E-state index is 0.114. The third-order valence-electron chi connectivity index (χ3n) is 3.39. The van der Waals surface area contributed by atoms with Crippen LogP contribution in [0.5, 0.6) is 0 Å². The van der Waals surface area contributed by atoms with Gasteiger partial charge in [-0.25, -0.2) is 4.79 Å². The topological polar surface area (TPSA) is 38.8 Å². The van der Waals surface area contributed by atoms with Crippen molar-refractivity contribution in [3.8, 4) is 0 Å². The van der Waals surface area contributed by atoms with Gasteiger partial charge in [0.05, 0.1) is 27.4 Å². The molecule has 1 atom stereocenters. The van der Waals surface area contributed by atoms with Crippen molar-refractivity contribution in [1.29, 1.82) is 0 Å². The van der Waals surface area contributed by atoms with Crippen molar-refractivity contribution < 1.29 is 14.3 Å². The fourth-order valence-corrected chi connectivity index (χ4v) is 4.08. The fraction of sp³-hybridized carbons (Fsp3) is 0.462. The van der Waals surface area contributed by atoms with Crippen LogP contribution >= 0.6 is 0 Å². The van der Waals surface area contributed by atoms with Crippen molar-refractivity contribution >= 4 is 14.0 Å². The monoisotopic (exact) mass is 250 g/mol. The van der Waals surface area contributed by atoms with Gasteiger partial charge in [0.1, 0.15) is 5.22 Å². The van der Waals surface area contributed by atoms with E-state index < -0.39 is 8.07 Å². The SMILES string of the molecule is COC(=O)c1cccc(C2([Si](C)(C)C)CO2)c1. The first-order valence-corrected chi connectivity index (χ1v) is 9.23. The number of esters is 1. The second-order valence-corrected chi connectivity index (χ2v) is 10.7. The van der Waals surface area contributed by atoms with Crippen LogP contribution in [0.15, 0.2) is 24.3 Å². The molecule has 0 spiro atoms. The average molecular weight is 250 g/mol. The highest BCUT2D eigenvalue weighted by atomic mass is 28.3. The summed E-state index contributed by atoms with van der Waals surface area (Å²) in [5.41, 5.74) is 1.71. The number of rotatable bonds is 3. The summed E-state index contributed by atoms with van der Waals surface area (Å²) in [6.45, 7) is 7.62. The molecular formula is C13H18O3Si. The second kappa shape index (κ2) is 3.96. The third-order valence-corrected chi connectivity index (χ3v) is 6.39. The van der Waals surface area contributed by atoms with E-state index in [0.717, 1.165) is 12.2 Å². The molecule has 2 rings (SSSR count). The van der Waals surface area contributed by atoms with Gasteiger partial charge in [-0.1, -0.05) is 31.8 Å². The highest BCUT2D eigenvalue weighted by Crippen LogP contribution is 2.46. The molecule has 1 fully saturated rings. The maximum atomic E-state index is 11.5. The van der Waals surface area contributed by atoms with E-state index in [0.29, 0.717) is 5.56 Å². The molecule has 17 heavy (non-hydrogen) atoms. The Labute approximate surface area is 103 Å². The Bertz CT molecular complexity index is 444. The number of benzene rings is 1. The highest BCUT2D eigenvalue weighted by Gasteiger charge is 2.56. The van der Waals surface area contributed by atoms with Gasteiger partial charge in [0, 0.05) is 0 Å². The Morgan fingerprint density at radius 1 is 1.41 bits per heavy atom. The molecule has 1 aromatic rings. The van der Waals surface area contributed by atoms with Crippen LogP contribution < -0.4 is 0 Å². The van der Waals surface area contributed by atoms with Crippen LogP contribution in [0.3, 0.4) is 0 Å². The molecular weight excluding hydrogens is 232 g/mol. The summed E-state index contributed by atoms with van der Waals surface area (Å²) in [5, 5.41) is -0.114. The summed E-state index contributed by atoms with van der Waals surface area (Å²) in [6.07, 6.45) is 0. The largest absolute Gasteiger partial charge is 0.465 e. The van der Waals surface area contributed by atoms with E-state index >= 15 is 0 Å². The Kier molecular flexibility index (Phi) is 2.87. The molecule has 0 amide bonds. The van der Waals surface area contributed by atoms with Gasteiger partial charge in [-0.2, -0.15) is 0 Å². The van der Waals surface area contributed by atoms with Crippen molar-refractivity contribution in [3.05, 3.63) is 35.4 Å². The summed E-state index contributed by atoms with van der Waals surface area (Å²) in [5.74, 6) is -0.293. The number of hydrogen-bond donors (Lipinski definition) is 0. The lowest BCUT2D eigenvalue weighted by Gasteiger charge is -2.26. The van der Waals surface area contributed by atoms with E-state index in [1.165, 1.54) is 7.11 Å². The lowest BCUT2D eigenvalue weighted by atomic mass is 10.1. The first kappa shape index (κ1) is 12.3. The molecule has 0 aliphatic carbocycles. The van der Waals surface area contributed by atoms with E-state index in [2.05, 4.69) is 19.6 Å². The molecule has 0 saturated carbocycles. The zero-order valence-electron chi connectivity index (χ0n) is 10.7. The minimum atomic E-state index is -1.46. The lowest BCUT2D eigenvalue weighted by molar-refractivity contribution is 0.0600. The summed E-state index contributed by atoms with van der Waals surface area (Å²) >= 11 is 0. The average Bonchev–Trinajstić information content (AvgIpc) is 3.08. The molecule has 1 aliphatic heterocycles. The van der Waals surface area contributed by atoms with Gasteiger partial charge in [0.2, 0.25) is 0 Å². The van der Waals surface area contributed by atoms with E-state index in [1.807, 2.05) is 18.2 Å². The maximum absolute atomic E-state index is 11.5. The van der Waals surface area contributed by atoms with Crippen LogP contribution in [0.1, 0.15) is 15.9 Å². The zero-order chi connectivity index (χ0) is 12.7. The van der Waals surface area contributed by atoms with E-state index in [9.17, 15) is 4.79 Å². The fourth-order valence-electron chi connectivity index (χ4n) is 2.12. The Morgan fingerprint density at radius 3 is 2.53 bits per heavy atom. The van der Waals surface area contributed by atoms with Crippen LogP contribution in [-0.4, -0.2) is 27.8 Å². The molecule has 1 heterocycles. The van der Waals surface area contributed by atoms with Gasteiger partial charge in [-0.05, 0) is 17.7 Å². The molecule has 92 valence electrons. The van der Waals surface area contributed by atoms with Crippen LogP contribution in [0.25, 0.3) is 0 Å². The van der Waals surface area contributed by atoms with Crippen molar-refractivity contribution in [1.82, 2.24) is 0 Å². The van der Waals surface area contributed by atoms with Gasteiger partial charge < -0.3 is 9.47 Å². The number of methoxy groups -OCH3 is 1. The molecule has 1 aliphatic rings. The van der Waals surface area contributed by atoms with E-state index in [1.54, 1.807) is 6.07 Å². The highest BCUT2D eigenvalue weighted by molar-refractivity contribution is 6.79. The Balaban J connectivity index is 2.38. The van der Waals surface area contributed by atoms with Crippen molar-refractivity contribution in [2.75, 3.05) is 13.7 Å². The number of carbonyl (C=O) groups is 1. The molecule has 0 bridgehead atoms. The first-order valence-electron chi connectivity index (χ1n) is 5.73. The zero-order valence-corrected chi connectivity index (χ0v) is 11.7.